The number of benzene rings is 3. The molecule has 0 atom stereocenters. The monoisotopic (exact) mass is 482 g/mol. The van der Waals surface area contributed by atoms with Crippen LogP contribution in [0.5, 0.6) is 17.4 Å². The predicted octanol–water partition coefficient (Wildman–Crippen LogP) is 5.53. The molecule has 0 aliphatic carbocycles. The maximum Gasteiger partial charge on any atom is 0.573 e. The fraction of sp³-hybridized carbons (Fsp3) is 0.0833. The van der Waals surface area contributed by atoms with Crippen LogP contribution in [-0.4, -0.2) is 28.1 Å². The number of nitrogens with zero attached hydrogens (tertiary/aromatic N) is 2. The summed E-state index contributed by atoms with van der Waals surface area (Å²) < 4.78 is 47.1. The van der Waals surface area contributed by atoms with Gasteiger partial charge < -0.3 is 20.1 Å². The molecule has 0 saturated heterocycles. The highest BCUT2D eigenvalue weighted by molar-refractivity contribution is 6.13. The first-order valence-corrected chi connectivity index (χ1v) is 10.1. The number of rotatable bonds is 6. The molecule has 1 heterocycles. The number of carbonyl (C=O) groups excluding carboxylic acids is 2. The van der Waals surface area contributed by atoms with E-state index in [0.717, 1.165) is 12.1 Å². The van der Waals surface area contributed by atoms with Gasteiger partial charge in [-0.3, -0.25) is 9.59 Å². The number of amides is 2. The zero-order chi connectivity index (χ0) is 25.0. The van der Waals surface area contributed by atoms with Crippen LogP contribution in [-0.2, 0) is 4.79 Å². The topological polar surface area (TPSA) is 102 Å². The standard InChI is InChI=1S/C24H17F3N4O4/c1-14(32)30-21-12-22(29-13-28-21)34-17-8-9-19-15(10-17)4-2-7-20(19)23(33)31-16-5-3-6-18(11-16)35-24(25,26)27/h2-13H,1H3,(H,31,33)(H,28,29,30,32). The lowest BCUT2D eigenvalue weighted by Crippen LogP contribution is -2.17. The van der Waals surface area contributed by atoms with Gasteiger partial charge in [0, 0.05) is 30.3 Å². The summed E-state index contributed by atoms with van der Waals surface area (Å²) >= 11 is 0. The lowest BCUT2D eigenvalue weighted by Gasteiger charge is -2.12. The minimum absolute atomic E-state index is 0.146. The van der Waals surface area contributed by atoms with Crippen LogP contribution in [0, 0.1) is 0 Å². The van der Waals surface area contributed by atoms with Gasteiger partial charge in [-0.1, -0.05) is 18.2 Å². The smallest absolute Gasteiger partial charge is 0.439 e. The number of halogens is 3. The second-order valence-electron chi connectivity index (χ2n) is 7.24. The van der Waals surface area contributed by atoms with E-state index in [1.165, 1.54) is 31.5 Å². The van der Waals surface area contributed by atoms with Gasteiger partial charge in [0.1, 0.15) is 23.6 Å². The first-order valence-electron chi connectivity index (χ1n) is 10.1. The Kier molecular flexibility index (Phi) is 6.49. The highest BCUT2D eigenvalue weighted by atomic mass is 19.4. The van der Waals surface area contributed by atoms with Crippen molar-refractivity contribution < 1.29 is 32.2 Å². The molecule has 4 rings (SSSR count). The van der Waals surface area contributed by atoms with Crippen LogP contribution in [0.4, 0.5) is 24.7 Å². The first kappa shape index (κ1) is 23.5. The molecule has 1 aromatic heterocycles. The van der Waals surface area contributed by atoms with Crippen molar-refractivity contribution in [2.24, 2.45) is 0 Å². The number of anilines is 2. The SMILES string of the molecule is CC(=O)Nc1cc(Oc2ccc3c(C(=O)Nc4cccc(OC(F)(F)F)c4)cccc3c2)ncn1. The minimum Gasteiger partial charge on any atom is -0.439 e. The van der Waals surface area contributed by atoms with Crippen molar-refractivity contribution in [1.29, 1.82) is 0 Å². The molecule has 4 aromatic rings. The summed E-state index contributed by atoms with van der Waals surface area (Å²) in [5.41, 5.74) is 0.457. The molecule has 0 spiro atoms. The summed E-state index contributed by atoms with van der Waals surface area (Å²) in [6.07, 6.45) is -3.59. The van der Waals surface area contributed by atoms with Gasteiger partial charge in [0.2, 0.25) is 11.8 Å². The Bertz CT molecular complexity index is 1410. The fourth-order valence-electron chi connectivity index (χ4n) is 3.26. The van der Waals surface area contributed by atoms with E-state index >= 15 is 0 Å². The molecule has 0 aliphatic rings. The molecular weight excluding hydrogens is 465 g/mol. The van der Waals surface area contributed by atoms with Crippen LogP contribution >= 0.6 is 0 Å². The average molecular weight is 482 g/mol. The molecule has 2 amide bonds. The van der Waals surface area contributed by atoms with Crippen molar-refractivity contribution in [2.45, 2.75) is 13.3 Å². The molecule has 178 valence electrons. The van der Waals surface area contributed by atoms with E-state index < -0.39 is 18.0 Å². The average Bonchev–Trinajstić information content (AvgIpc) is 2.77. The van der Waals surface area contributed by atoms with Crippen molar-refractivity contribution >= 4 is 34.1 Å². The van der Waals surface area contributed by atoms with Crippen molar-refractivity contribution in [3.63, 3.8) is 0 Å². The Morgan fingerprint density at radius 1 is 0.886 bits per heavy atom. The Morgan fingerprint density at radius 2 is 1.69 bits per heavy atom. The van der Waals surface area contributed by atoms with Gasteiger partial charge in [-0.2, -0.15) is 0 Å². The van der Waals surface area contributed by atoms with E-state index in [0.29, 0.717) is 22.1 Å². The quantitative estimate of drug-likeness (QED) is 0.375. The molecule has 0 saturated carbocycles. The number of aromatic nitrogens is 2. The minimum atomic E-state index is -4.84. The summed E-state index contributed by atoms with van der Waals surface area (Å²) in [6.45, 7) is 1.35. The van der Waals surface area contributed by atoms with E-state index in [1.54, 1.807) is 36.4 Å². The molecule has 3 aromatic carbocycles. The number of carbonyl (C=O) groups is 2. The van der Waals surface area contributed by atoms with Crippen molar-refractivity contribution in [2.75, 3.05) is 10.6 Å². The summed E-state index contributed by atoms with van der Waals surface area (Å²) in [6, 6.07) is 16.5. The highest BCUT2D eigenvalue weighted by Crippen LogP contribution is 2.29. The van der Waals surface area contributed by atoms with Gasteiger partial charge in [-0.25, -0.2) is 9.97 Å². The van der Waals surface area contributed by atoms with E-state index in [2.05, 4.69) is 25.3 Å². The number of nitrogens with one attached hydrogen (secondary N) is 2. The molecule has 8 nitrogen and oxygen atoms in total. The number of ether oxygens (including phenoxy) is 2. The van der Waals surface area contributed by atoms with Crippen LogP contribution in [0.25, 0.3) is 10.8 Å². The van der Waals surface area contributed by atoms with Gasteiger partial charge in [0.05, 0.1) is 0 Å². The van der Waals surface area contributed by atoms with Crippen molar-refractivity contribution in [3.8, 4) is 17.4 Å². The molecule has 0 bridgehead atoms. The molecule has 35 heavy (non-hydrogen) atoms. The van der Waals surface area contributed by atoms with Gasteiger partial charge in [0.25, 0.3) is 5.91 Å². The summed E-state index contributed by atoms with van der Waals surface area (Å²) in [7, 11) is 0. The molecular formula is C24H17F3N4O4. The third-order valence-corrected chi connectivity index (χ3v) is 4.59. The van der Waals surface area contributed by atoms with Gasteiger partial charge in [-0.15, -0.1) is 13.2 Å². The number of hydrogen-bond acceptors (Lipinski definition) is 6. The van der Waals surface area contributed by atoms with Gasteiger partial charge >= 0.3 is 6.36 Å². The fourth-order valence-corrected chi connectivity index (χ4v) is 3.26. The van der Waals surface area contributed by atoms with Crippen LogP contribution in [0.15, 0.2) is 73.1 Å². The summed E-state index contributed by atoms with van der Waals surface area (Å²) in [5, 5.41) is 6.40. The van der Waals surface area contributed by atoms with Crippen LogP contribution in [0.3, 0.4) is 0 Å². The van der Waals surface area contributed by atoms with E-state index in [4.69, 9.17) is 4.74 Å². The molecule has 0 unspecified atom stereocenters. The van der Waals surface area contributed by atoms with E-state index in [-0.39, 0.29) is 23.3 Å². The largest absolute Gasteiger partial charge is 0.573 e. The molecule has 0 fully saturated rings. The second kappa shape index (κ2) is 9.67. The normalized spacial score (nSPS) is 11.1. The Labute approximate surface area is 196 Å². The van der Waals surface area contributed by atoms with Crippen molar-refractivity contribution in [1.82, 2.24) is 9.97 Å². The number of alkyl halides is 3. The number of hydrogen-bond donors (Lipinski definition) is 2. The second-order valence-corrected chi connectivity index (χ2v) is 7.24. The van der Waals surface area contributed by atoms with Crippen LogP contribution < -0.4 is 20.1 Å². The van der Waals surface area contributed by atoms with Gasteiger partial charge in [0.15, 0.2) is 0 Å². The van der Waals surface area contributed by atoms with Crippen LogP contribution in [0.1, 0.15) is 17.3 Å². The Balaban J connectivity index is 1.54. The Hall–Kier alpha value is -4.67. The van der Waals surface area contributed by atoms with E-state index in [9.17, 15) is 22.8 Å². The summed E-state index contributed by atoms with van der Waals surface area (Å²) in [4.78, 5) is 32.0. The highest BCUT2D eigenvalue weighted by Gasteiger charge is 2.31. The zero-order valence-electron chi connectivity index (χ0n) is 18.1. The molecule has 0 radical (unpaired) electrons. The van der Waals surface area contributed by atoms with Crippen LogP contribution in [0.2, 0.25) is 0 Å². The van der Waals surface area contributed by atoms with Crippen molar-refractivity contribution in [3.05, 3.63) is 78.6 Å². The first-order chi connectivity index (χ1) is 16.7. The molecule has 0 aliphatic heterocycles. The predicted molar refractivity (Wildman–Crippen MR) is 121 cm³/mol. The Morgan fingerprint density at radius 3 is 2.46 bits per heavy atom. The third-order valence-electron chi connectivity index (χ3n) is 4.59. The summed E-state index contributed by atoms with van der Waals surface area (Å²) in [5.74, 6) is -0.319. The van der Waals surface area contributed by atoms with Gasteiger partial charge in [-0.05, 0) is 47.2 Å². The van der Waals surface area contributed by atoms with E-state index in [1.807, 2.05) is 0 Å². The molecule has 2 N–H and O–H groups in total. The lowest BCUT2D eigenvalue weighted by molar-refractivity contribution is -0.274. The maximum absolute atomic E-state index is 12.9. The third kappa shape index (κ3) is 6.22. The number of fused-ring (bicyclic) bond motifs is 1. The zero-order valence-corrected chi connectivity index (χ0v) is 18.1. The lowest BCUT2D eigenvalue weighted by atomic mass is 10.0. The molecule has 11 heteroatoms. The maximum atomic E-state index is 12.9.